The summed E-state index contributed by atoms with van der Waals surface area (Å²) in [6, 6.07) is 3.90. The molecule has 5 heteroatoms. The third kappa shape index (κ3) is 5.73. The van der Waals surface area contributed by atoms with Gasteiger partial charge in [-0.05, 0) is 44.9 Å². The quantitative estimate of drug-likeness (QED) is 0.733. The van der Waals surface area contributed by atoms with Gasteiger partial charge in [0.1, 0.15) is 0 Å². The first kappa shape index (κ1) is 18.1. The lowest BCUT2D eigenvalue weighted by Crippen LogP contribution is -2.31. The van der Waals surface area contributed by atoms with Crippen molar-refractivity contribution in [1.29, 1.82) is 0 Å². The van der Waals surface area contributed by atoms with Crippen LogP contribution in [0.3, 0.4) is 0 Å². The Labute approximate surface area is 132 Å². The Kier molecular flexibility index (Phi) is 7.86. The van der Waals surface area contributed by atoms with E-state index < -0.39 is 0 Å². The van der Waals surface area contributed by atoms with Gasteiger partial charge in [0.05, 0.1) is 24.3 Å². The highest BCUT2D eigenvalue weighted by Crippen LogP contribution is 2.37. The van der Waals surface area contributed by atoms with Gasteiger partial charge in [-0.2, -0.15) is 0 Å². The highest BCUT2D eigenvalue weighted by Gasteiger charge is 2.14. The summed E-state index contributed by atoms with van der Waals surface area (Å²) in [5.74, 6) is 1.25. The molecule has 0 fully saturated rings. The van der Waals surface area contributed by atoms with Crippen LogP contribution in [0.25, 0.3) is 0 Å². The summed E-state index contributed by atoms with van der Waals surface area (Å²) in [7, 11) is 0. The van der Waals surface area contributed by atoms with Crippen LogP contribution in [0.2, 0.25) is 5.02 Å². The minimum Gasteiger partial charge on any atom is -0.490 e. The summed E-state index contributed by atoms with van der Waals surface area (Å²) in [4.78, 5) is 0. The highest BCUT2D eigenvalue weighted by atomic mass is 35.5. The molecule has 2 N–H and O–H groups in total. The zero-order valence-corrected chi connectivity index (χ0v) is 14.0. The summed E-state index contributed by atoms with van der Waals surface area (Å²) >= 11 is 6.32. The van der Waals surface area contributed by atoms with Crippen molar-refractivity contribution in [2.75, 3.05) is 13.2 Å². The molecule has 0 spiro atoms. The Balaban J connectivity index is 2.92. The number of benzene rings is 1. The average Bonchev–Trinajstić information content (AvgIpc) is 2.43. The fourth-order valence-electron chi connectivity index (χ4n) is 1.94. The number of hydrogen-bond donors (Lipinski definition) is 2. The van der Waals surface area contributed by atoms with Crippen LogP contribution < -0.4 is 14.8 Å². The van der Waals surface area contributed by atoms with E-state index in [0.717, 1.165) is 12.0 Å². The standard InChI is InChI=1S/C16H26ClNO3/c1-5-13(10-19)18-9-12-7-14(17)16(21-11(3)4)15(8-12)20-6-2/h7-8,11,13,18-19H,5-6,9-10H2,1-4H3/t13-/m1/s1. The monoisotopic (exact) mass is 315 g/mol. The molecule has 1 rings (SSSR count). The van der Waals surface area contributed by atoms with Gasteiger partial charge in [0.2, 0.25) is 0 Å². The second-order valence-electron chi connectivity index (χ2n) is 5.17. The van der Waals surface area contributed by atoms with Crippen molar-refractivity contribution >= 4 is 11.6 Å². The number of hydrogen-bond acceptors (Lipinski definition) is 4. The molecule has 0 saturated carbocycles. The second kappa shape index (κ2) is 9.13. The zero-order chi connectivity index (χ0) is 15.8. The number of rotatable bonds is 9. The Morgan fingerprint density at radius 1 is 1.29 bits per heavy atom. The Morgan fingerprint density at radius 2 is 2.00 bits per heavy atom. The molecule has 0 bridgehead atoms. The van der Waals surface area contributed by atoms with Crippen LogP contribution >= 0.6 is 11.6 Å². The van der Waals surface area contributed by atoms with Gasteiger partial charge in [-0.1, -0.05) is 18.5 Å². The first-order valence-electron chi connectivity index (χ1n) is 7.47. The Morgan fingerprint density at radius 3 is 2.52 bits per heavy atom. The summed E-state index contributed by atoms with van der Waals surface area (Å²) in [5.41, 5.74) is 1.01. The van der Waals surface area contributed by atoms with Gasteiger partial charge in [-0.3, -0.25) is 0 Å². The van der Waals surface area contributed by atoms with Crippen molar-refractivity contribution in [2.24, 2.45) is 0 Å². The first-order valence-corrected chi connectivity index (χ1v) is 7.85. The number of nitrogens with one attached hydrogen (secondary N) is 1. The van der Waals surface area contributed by atoms with Crippen molar-refractivity contribution < 1.29 is 14.6 Å². The van der Waals surface area contributed by atoms with Gasteiger partial charge >= 0.3 is 0 Å². The molecule has 0 heterocycles. The number of aliphatic hydroxyl groups excluding tert-OH is 1. The van der Waals surface area contributed by atoms with Crippen LogP contribution in [-0.2, 0) is 6.54 Å². The van der Waals surface area contributed by atoms with Gasteiger partial charge in [0.25, 0.3) is 0 Å². The molecule has 1 atom stereocenters. The van der Waals surface area contributed by atoms with Crippen molar-refractivity contribution in [3.05, 3.63) is 22.7 Å². The average molecular weight is 316 g/mol. The van der Waals surface area contributed by atoms with Crippen LogP contribution in [0.5, 0.6) is 11.5 Å². The molecule has 4 nitrogen and oxygen atoms in total. The lowest BCUT2D eigenvalue weighted by atomic mass is 10.1. The number of halogens is 1. The molecule has 0 aliphatic rings. The van der Waals surface area contributed by atoms with Gasteiger partial charge in [-0.15, -0.1) is 0 Å². The molecular weight excluding hydrogens is 290 g/mol. The lowest BCUT2D eigenvalue weighted by molar-refractivity contribution is 0.223. The normalized spacial score (nSPS) is 12.5. The molecular formula is C16H26ClNO3. The molecule has 1 aromatic rings. The molecule has 0 aromatic heterocycles. The van der Waals surface area contributed by atoms with Gasteiger partial charge in [-0.25, -0.2) is 0 Å². The van der Waals surface area contributed by atoms with Crippen LogP contribution in [0.15, 0.2) is 12.1 Å². The topological polar surface area (TPSA) is 50.7 Å². The minimum absolute atomic E-state index is 0.0320. The van der Waals surface area contributed by atoms with Crippen molar-refractivity contribution in [3.8, 4) is 11.5 Å². The predicted octanol–water partition coefficient (Wildman–Crippen LogP) is 3.39. The van der Waals surface area contributed by atoms with E-state index in [1.54, 1.807) is 0 Å². The van der Waals surface area contributed by atoms with Crippen LogP contribution in [0.4, 0.5) is 0 Å². The van der Waals surface area contributed by atoms with E-state index in [1.807, 2.05) is 39.8 Å². The molecule has 21 heavy (non-hydrogen) atoms. The molecule has 120 valence electrons. The van der Waals surface area contributed by atoms with Gasteiger partial charge in [0.15, 0.2) is 11.5 Å². The minimum atomic E-state index is 0.0320. The zero-order valence-electron chi connectivity index (χ0n) is 13.3. The molecule has 0 unspecified atom stereocenters. The van der Waals surface area contributed by atoms with Crippen LogP contribution in [0, 0.1) is 0 Å². The van der Waals surface area contributed by atoms with Crippen LogP contribution in [-0.4, -0.2) is 30.5 Å². The largest absolute Gasteiger partial charge is 0.490 e. The van der Waals surface area contributed by atoms with E-state index in [9.17, 15) is 5.11 Å². The van der Waals surface area contributed by atoms with E-state index in [2.05, 4.69) is 5.32 Å². The number of aliphatic hydroxyl groups is 1. The van der Waals surface area contributed by atoms with E-state index in [4.69, 9.17) is 21.1 Å². The van der Waals surface area contributed by atoms with Gasteiger partial charge < -0.3 is 19.9 Å². The van der Waals surface area contributed by atoms with Crippen molar-refractivity contribution in [3.63, 3.8) is 0 Å². The smallest absolute Gasteiger partial charge is 0.180 e. The molecule has 0 aliphatic carbocycles. The maximum absolute atomic E-state index is 9.21. The molecule has 1 aromatic carbocycles. The molecule has 0 saturated heterocycles. The Hall–Kier alpha value is -0.970. The summed E-state index contributed by atoms with van der Waals surface area (Å²) in [6.07, 6.45) is 0.904. The van der Waals surface area contributed by atoms with Gasteiger partial charge in [0, 0.05) is 12.6 Å². The maximum Gasteiger partial charge on any atom is 0.180 e. The van der Waals surface area contributed by atoms with Crippen molar-refractivity contribution in [1.82, 2.24) is 5.32 Å². The third-order valence-electron chi connectivity index (χ3n) is 3.03. The van der Waals surface area contributed by atoms with E-state index in [-0.39, 0.29) is 18.8 Å². The summed E-state index contributed by atoms with van der Waals surface area (Å²) < 4.78 is 11.4. The fraction of sp³-hybridized carbons (Fsp3) is 0.625. The third-order valence-corrected chi connectivity index (χ3v) is 3.31. The summed E-state index contributed by atoms with van der Waals surface area (Å²) in [6.45, 7) is 9.17. The SMILES string of the molecule is CCOc1cc(CN[C@H](CC)CO)cc(Cl)c1OC(C)C. The fourth-order valence-corrected chi connectivity index (χ4v) is 2.21. The predicted molar refractivity (Wildman–Crippen MR) is 86.4 cm³/mol. The van der Waals surface area contributed by atoms with Crippen LogP contribution in [0.1, 0.15) is 39.7 Å². The molecule has 0 radical (unpaired) electrons. The molecule has 0 aliphatic heterocycles. The number of ether oxygens (including phenoxy) is 2. The summed E-state index contributed by atoms with van der Waals surface area (Å²) in [5, 5.41) is 13.0. The van der Waals surface area contributed by atoms with Crippen molar-refractivity contribution in [2.45, 2.75) is 52.8 Å². The van der Waals surface area contributed by atoms with E-state index >= 15 is 0 Å². The Bertz CT molecular complexity index is 434. The van der Waals surface area contributed by atoms with E-state index in [0.29, 0.717) is 29.7 Å². The second-order valence-corrected chi connectivity index (χ2v) is 5.58. The highest BCUT2D eigenvalue weighted by molar-refractivity contribution is 6.32. The maximum atomic E-state index is 9.21. The first-order chi connectivity index (χ1) is 10.0. The van der Waals surface area contributed by atoms with E-state index in [1.165, 1.54) is 0 Å². The molecule has 0 amide bonds. The lowest BCUT2D eigenvalue weighted by Gasteiger charge is -2.18.